The smallest absolute Gasteiger partial charge is 0.255 e. The lowest BCUT2D eigenvalue weighted by Gasteiger charge is -2.24. The zero-order chi connectivity index (χ0) is 18.1. The van der Waals surface area contributed by atoms with Gasteiger partial charge in [0.1, 0.15) is 4.83 Å². The minimum absolute atomic E-state index is 0.0911. The molecule has 1 saturated heterocycles. The standard InChI is InChI=1S/C21H23N3OS/c1-15-18-12-17(13-22-19(18)26-23-15)20(25)24-11-10-21(2,14-24)9-8-16-6-4-3-5-7-16/h3-7,12-13H,8-11,14H2,1-2H3. The fourth-order valence-electron chi connectivity index (χ4n) is 3.74. The third kappa shape index (κ3) is 3.36. The molecule has 1 aliphatic heterocycles. The molecule has 0 bridgehead atoms. The number of amides is 1. The van der Waals surface area contributed by atoms with Gasteiger partial charge in [-0.15, -0.1) is 0 Å². The number of benzene rings is 1. The molecule has 2 aromatic heterocycles. The van der Waals surface area contributed by atoms with E-state index >= 15 is 0 Å². The molecule has 134 valence electrons. The molecular weight excluding hydrogens is 342 g/mol. The van der Waals surface area contributed by atoms with Gasteiger partial charge in [0.15, 0.2) is 0 Å². The van der Waals surface area contributed by atoms with Crippen molar-refractivity contribution in [3.63, 3.8) is 0 Å². The van der Waals surface area contributed by atoms with Crippen molar-refractivity contribution >= 4 is 27.7 Å². The van der Waals surface area contributed by atoms with Gasteiger partial charge in [-0.3, -0.25) is 4.79 Å². The van der Waals surface area contributed by atoms with E-state index in [4.69, 9.17) is 0 Å². The van der Waals surface area contributed by atoms with Crippen molar-refractivity contribution in [1.29, 1.82) is 0 Å². The molecule has 0 aliphatic carbocycles. The number of rotatable bonds is 4. The van der Waals surface area contributed by atoms with Gasteiger partial charge < -0.3 is 4.90 Å². The Morgan fingerprint density at radius 1 is 1.31 bits per heavy atom. The minimum atomic E-state index is 0.0911. The molecule has 1 fully saturated rings. The first-order valence-electron chi connectivity index (χ1n) is 9.09. The van der Waals surface area contributed by atoms with Crippen LogP contribution in [0.2, 0.25) is 0 Å². The summed E-state index contributed by atoms with van der Waals surface area (Å²) in [6, 6.07) is 12.5. The van der Waals surface area contributed by atoms with Gasteiger partial charge in [-0.05, 0) is 54.8 Å². The Morgan fingerprint density at radius 3 is 2.92 bits per heavy atom. The zero-order valence-electron chi connectivity index (χ0n) is 15.2. The van der Waals surface area contributed by atoms with E-state index in [0.717, 1.165) is 48.3 Å². The van der Waals surface area contributed by atoms with Crippen LogP contribution in [0.3, 0.4) is 0 Å². The van der Waals surface area contributed by atoms with Crippen LogP contribution in [-0.4, -0.2) is 33.3 Å². The van der Waals surface area contributed by atoms with Crippen LogP contribution in [0.1, 0.15) is 41.4 Å². The summed E-state index contributed by atoms with van der Waals surface area (Å²) in [5, 5.41) is 0.992. The normalized spacial score (nSPS) is 20.0. The Hall–Kier alpha value is -2.27. The highest BCUT2D eigenvalue weighted by molar-refractivity contribution is 7.12. The summed E-state index contributed by atoms with van der Waals surface area (Å²) in [5.41, 5.74) is 3.17. The highest BCUT2D eigenvalue weighted by Crippen LogP contribution is 2.35. The van der Waals surface area contributed by atoms with Gasteiger partial charge in [-0.2, -0.15) is 4.37 Å². The van der Waals surface area contributed by atoms with Crippen LogP contribution in [0.15, 0.2) is 42.6 Å². The highest BCUT2D eigenvalue weighted by Gasteiger charge is 2.36. The van der Waals surface area contributed by atoms with Gasteiger partial charge in [0.2, 0.25) is 0 Å². The molecule has 4 rings (SSSR count). The Kier molecular flexibility index (Phi) is 4.49. The molecule has 1 aliphatic rings. The number of aromatic nitrogens is 2. The van der Waals surface area contributed by atoms with Gasteiger partial charge in [0.05, 0.1) is 11.3 Å². The topological polar surface area (TPSA) is 46.1 Å². The maximum Gasteiger partial charge on any atom is 0.255 e. The van der Waals surface area contributed by atoms with E-state index in [-0.39, 0.29) is 11.3 Å². The van der Waals surface area contributed by atoms with Gasteiger partial charge in [0, 0.05) is 24.7 Å². The molecule has 1 aromatic carbocycles. The maximum absolute atomic E-state index is 13.0. The lowest BCUT2D eigenvalue weighted by atomic mass is 9.83. The number of hydrogen-bond donors (Lipinski definition) is 0. The molecule has 3 aromatic rings. The summed E-state index contributed by atoms with van der Waals surface area (Å²) in [7, 11) is 0. The molecule has 1 atom stereocenters. The number of carbonyl (C=O) groups excluding carboxylic acids is 1. The van der Waals surface area contributed by atoms with E-state index < -0.39 is 0 Å². The number of pyridine rings is 1. The van der Waals surface area contributed by atoms with Crippen molar-refractivity contribution in [2.45, 2.75) is 33.1 Å². The van der Waals surface area contributed by atoms with E-state index in [0.29, 0.717) is 5.56 Å². The first-order valence-corrected chi connectivity index (χ1v) is 9.87. The van der Waals surface area contributed by atoms with Crippen LogP contribution in [0.4, 0.5) is 0 Å². The number of aryl methyl sites for hydroxylation is 2. The number of carbonyl (C=O) groups is 1. The third-order valence-corrected chi connectivity index (χ3v) is 6.33. The summed E-state index contributed by atoms with van der Waals surface area (Å²) in [4.78, 5) is 20.3. The summed E-state index contributed by atoms with van der Waals surface area (Å²) in [5.74, 6) is 0.0911. The van der Waals surface area contributed by atoms with Crippen LogP contribution < -0.4 is 0 Å². The molecule has 4 nitrogen and oxygen atoms in total. The monoisotopic (exact) mass is 365 g/mol. The van der Waals surface area contributed by atoms with Crippen LogP contribution >= 0.6 is 11.5 Å². The number of fused-ring (bicyclic) bond motifs is 1. The van der Waals surface area contributed by atoms with Crippen LogP contribution in [0.25, 0.3) is 10.2 Å². The largest absolute Gasteiger partial charge is 0.338 e. The van der Waals surface area contributed by atoms with Crippen LogP contribution in [-0.2, 0) is 6.42 Å². The lowest BCUT2D eigenvalue weighted by molar-refractivity contribution is 0.0773. The van der Waals surface area contributed by atoms with Crippen molar-refractivity contribution in [3.05, 3.63) is 59.4 Å². The Morgan fingerprint density at radius 2 is 2.12 bits per heavy atom. The summed E-state index contributed by atoms with van der Waals surface area (Å²) >= 11 is 1.38. The van der Waals surface area contributed by atoms with E-state index in [1.807, 2.05) is 17.9 Å². The number of nitrogens with zero attached hydrogens (tertiary/aromatic N) is 3. The average molecular weight is 366 g/mol. The third-order valence-electron chi connectivity index (χ3n) is 5.46. The molecule has 26 heavy (non-hydrogen) atoms. The first-order chi connectivity index (χ1) is 12.5. The fourth-order valence-corrected chi connectivity index (χ4v) is 4.46. The maximum atomic E-state index is 13.0. The average Bonchev–Trinajstić information content (AvgIpc) is 3.24. The van der Waals surface area contributed by atoms with Crippen molar-refractivity contribution in [1.82, 2.24) is 14.3 Å². The highest BCUT2D eigenvalue weighted by atomic mass is 32.1. The predicted octanol–water partition coefficient (Wildman–Crippen LogP) is 4.48. The van der Waals surface area contributed by atoms with E-state index in [1.54, 1.807) is 6.20 Å². The zero-order valence-corrected chi connectivity index (χ0v) is 16.1. The van der Waals surface area contributed by atoms with Gasteiger partial charge in [-0.1, -0.05) is 37.3 Å². The van der Waals surface area contributed by atoms with E-state index in [2.05, 4.69) is 46.6 Å². The Labute approximate surface area is 158 Å². The molecule has 0 N–H and O–H groups in total. The van der Waals surface area contributed by atoms with Gasteiger partial charge >= 0.3 is 0 Å². The second-order valence-electron chi connectivity index (χ2n) is 7.62. The first kappa shape index (κ1) is 17.2. The second kappa shape index (κ2) is 6.80. The number of hydrogen-bond acceptors (Lipinski definition) is 4. The lowest BCUT2D eigenvalue weighted by Crippen LogP contribution is -2.31. The van der Waals surface area contributed by atoms with Crippen molar-refractivity contribution in [3.8, 4) is 0 Å². The molecule has 0 spiro atoms. The SMILES string of the molecule is Cc1nsc2ncc(C(=O)N3CCC(C)(CCc4ccccc4)C3)cc12. The fraction of sp³-hybridized carbons (Fsp3) is 0.381. The van der Waals surface area contributed by atoms with Crippen LogP contribution in [0, 0.1) is 12.3 Å². The summed E-state index contributed by atoms with van der Waals surface area (Å²) in [6.45, 7) is 5.91. The van der Waals surface area contributed by atoms with Crippen molar-refractivity contribution in [2.75, 3.05) is 13.1 Å². The molecule has 1 amide bonds. The van der Waals surface area contributed by atoms with Crippen molar-refractivity contribution in [2.24, 2.45) is 5.41 Å². The molecule has 0 saturated carbocycles. The van der Waals surface area contributed by atoms with E-state index in [9.17, 15) is 4.79 Å². The van der Waals surface area contributed by atoms with Crippen molar-refractivity contribution < 1.29 is 4.79 Å². The Balaban J connectivity index is 1.45. The van der Waals surface area contributed by atoms with E-state index in [1.165, 1.54) is 17.1 Å². The summed E-state index contributed by atoms with van der Waals surface area (Å²) < 4.78 is 4.32. The molecule has 3 heterocycles. The number of likely N-dealkylation sites (tertiary alicyclic amines) is 1. The Bertz CT molecular complexity index is 937. The molecule has 1 unspecified atom stereocenters. The molecule has 0 radical (unpaired) electrons. The van der Waals surface area contributed by atoms with Crippen LogP contribution in [0.5, 0.6) is 0 Å². The van der Waals surface area contributed by atoms with Gasteiger partial charge in [-0.25, -0.2) is 4.98 Å². The summed E-state index contributed by atoms with van der Waals surface area (Å²) in [6.07, 6.45) is 4.92. The quantitative estimate of drug-likeness (QED) is 0.684. The van der Waals surface area contributed by atoms with Gasteiger partial charge in [0.25, 0.3) is 5.91 Å². The predicted molar refractivity (Wildman–Crippen MR) is 106 cm³/mol. The minimum Gasteiger partial charge on any atom is -0.338 e. The molecule has 5 heteroatoms. The second-order valence-corrected chi connectivity index (χ2v) is 8.37. The molecular formula is C21H23N3OS.